The van der Waals surface area contributed by atoms with Gasteiger partial charge in [0, 0.05) is 12.2 Å². The summed E-state index contributed by atoms with van der Waals surface area (Å²) in [5, 5.41) is 3.48. The van der Waals surface area contributed by atoms with Crippen LogP contribution in [-0.4, -0.2) is 19.6 Å². The summed E-state index contributed by atoms with van der Waals surface area (Å²) in [5.74, 6) is -0.0836. The number of esters is 1. The standard InChI is InChI=1S/C16H23NO2/c1-10-8-11(2)13(4)14(12(10)3)17-9-16(6-7-16)15(18)19-5/h8,17H,6-7,9H2,1-5H3. The molecule has 0 saturated heterocycles. The maximum Gasteiger partial charge on any atom is 0.313 e. The van der Waals surface area contributed by atoms with E-state index in [9.17, 15) is 4.79 Å². The minimum absolute atomic E-state index is 0.0836. The summed E-state index contributed by atoms with van der Waals surface area (Å²) >= 11 is 0. The normalized spacial score (nSPS) is 16.1. The molecule has 0 amide bonds. The Kier molecular flexibility index (Phi) is 3.57. The van der Waals surface area contributed by atoms with Crippen LogP contribution in [-0.2, 0) is 9.53 Å². The molecule has 1 aliphatic carbocycles. The quantitative estimate of drug-likeness (QED) is 0.845. The van der Waals surface area contributed by atoms with Gasteiger partial charge >= 0.3 is 5.97 Å². The van der Waals surface area contributed by atoms with Gasteiger partial charge in [0.05, 0.1) is 12.5 Å². The van der Waals surface area contributed by atoms with Gasteiger partial charge in [0.15, 0.2) is 0 Å². The molecule has 0 bridgehead atoms. The summed E-state index contributed by atoms with van der Waals surface area (Å²) in [5.41, 5.74) is 5.99. The summed E-state index contributed by atoms with van der Waals surface area (Å²) < 4.78 is 4.89. The van der Waals surface area contributed by atoms with Crippen LogP contribution in [0.3, 0.4) is 0 Å². The molecular weight excluding hydrogens is 238 g/mol. The van der Waals surface area contributed by atoms with E-state index >= 15 is 0 Å². The number of carbonyl (C=O) groups is 1. The van der Waals surface area contributed by atoms with Crippen molar-refractivity contribution in [1.82, 2.24) is 0 Å². The monoisotopic (exact) mass is 261 g/mol. The van der Waals surface area contributed by atoms with E-state index in [4.69, 9.17) is 4.74 Å². The molecule has 104 valence electrons. The largest absolute Gasteiger partial charge is 0.469 e. The van der Waals surface area contributed by atoms with Gasteiger partial charge in [-0.3, -0.25) is 4.79 Å². The average Bonchev–Trinajstić information content (AvgIpc) is 3.16. The van der Waals surface area contributed by atoms with Crippen LogP contribution in [0.4, 0.5) is 5.69 Å². The van der Waals surface area contributed by atoms with E-state index in [1.807, 2.05) is 0 Å². The average molecular weight is 261 g/mol. The molecule has 1 N–H and O–H groups in total. The van der Waals surface area contributed by atoms with E-state index in [2.05, 4.69) is 39.1 Å². The molecule has 2 rings (SSSR count). The zero-order valence-electron chi connectivity index (χ0n) is 12.5. The highest BCUT2D eigenvalue weighted by Crippen LogP contribution is 2.47. The van der Waals surface area contributed by atoms with Crippen molar-refractivity contribution in [2.45, 2.75) is 40.5 Å². The highest BCUT2D eigenvalue weighted by Gasteiger charge is 2.50. The Morgan fingerprint density at radius 3 is 2.16 bits per heavy atom. The summed E-state index contributed by atoms with van der Waals surface area (Å²) in [4.78, 5) is 11.8. The van der Waals surface area contributed by atoms with Crippen LogP contribution in [0, 0.1) is 33.1 Å². The van der Waals surface area contributed by atoms with Crippen molar-refractivity contribution in [2.24, 2.45) is 5.41 Å². The molecule has 0 radical (unpaired) electrons. The molecule has 0 aromatic heterocycles. The van der Waals surface area contributed by atoms with Crippen molar-refractivity contribution in [3.8, 4) is 0 Å². The Balaban J connectivity index is 2.19. The third-order valence-corrected chi connectivity index (χ3v) is 4.44. The Hall–Kier alpha value is -1.51. The van der Waals surface area contributed by atoms with Crippen LogP contribution >= 0.6 is 0 Å². The first kappa shape index (κ1) is 13.9. The first-order valence-electron chi connectivity index (χ1n) is 6.81. The van der Waals surface area contributed by atoms with Gasteiger partial charge in [-0.05, 0) is 62.8 Å². The molecule has 0 spiro atoms. The smallest absolute Gasteiger partial charge is 0.313 e. The fraction of sp³-hybridized carbons (Fsp3) is 0.562. The molecule has 1 saturated carbocycles. The molecule has 1 aromatic carbocycles. The van der Waals surface area contributed by atoms with Gasteiger partial charge in [0.1, 0.15) is 0 Å². The lowest BCUT2D eigenvalue weighted by molar-refractivity contribution is -0.146. The maximum absolute atomic E-state index is 11.8. The molecule has 0 unspecified atom stereocenters. The first-order chi connectivity index (χ1) is 8.91. The van der Waals surface area contributed by atoms with E-state index in [0.29, 0.717) is 6.54 Å². The molecule has 0 heterocycles. The lowest BCUT2D eigenvalue weighted by Gasteiger charge is -2.20. The second-order valence-electron chi connectivity index (χ2n) is 5.76. The Morgan fingerprint density at radius 2 is 1.74 bits per heavy atom. The predicted molar refractivity (Wildman–Crippen MR) is 77.6 cm³/mol. The molecular formula is C16H23NO2. The summed E-state index contributed by atoms with van der Waals surface area (Å²) in [6.45, 7) is 9.17. The van der Waals surface area contributed by atoms with Crippen LogP contribution in [0.25, 0.3) is 0 Å². The summed E-state index contributed by atoms with van der Waals surface area (Å²) in [7, 11) is 1.47. The number of aryl methyl sites for hydroxylation is 2. The van der Waals surface area contributed by atoms with Crippen molar-refractivity contribution in [3.63, 3.8) is 0 Å². The van der Waals surface area contributed by atoms with Gasteiger partial charge in [0.2, 0.25) is 0 Å². The van der Waals surface area contributed by atoms with Crippen molar-refractivity contribution >= 4 is 11.7 Å². The van der Waals surface area contributed by atoms with Gasteiger partial charge in [0.25, 0.3) is 0 Å². The molecule has 0 aliphatic heterocycles. The lowest BCUT2D eigenvalue weighted by atomic mass is 9.98. The van der Waals surface area contributed by atoms with Crippen molar-refractivity contribution < 1.29 is 9.53 Å². The molecule has 1 aromatic rings. The van der Waals surface area contributed by atoms with Crippen LogP contribution in [0.5, 0.6) is 0 Å². The van der Waals surface area contributed by atoms with E-state index in [1.54, 1.807) is 0 Å². The van der Waals surface area contributed by atoms with Gasteiger partial charge in [-0.2, -0.15) is 0 Å². The van der Waals surface area contributed by atoms with Crippen molar-refractivity contribution in [2.75, 3.05) is 19.0 Å². The van der Waals surface area contributed by atoms with Gasteiger partial charge in [-0.1, -0.05) is 6.07 Å². The number of rotatable bonds is 4. The number of anilines is 1. The highest BCUT2D eigenvalue weighted by atomic mass is 16.5. The third kappa shape index (κ3) is 2.46. The van der Waals surface area contributed by atoms with Crippen molar-refractivity contribution in [3.05, 3.63) is 28.3 Å². The second kappa shape index (κ2) is 4.87. The fourth-order valence-electron chi connectivity index (χ4n) is 2.56. The topological polar surface area (TPSA) is 38.3 Å². The Labute approximate surface area is 115 Å². The number of benzene rings is 1. The van der Waals surface area contributed by atoms with Gasteiger partial charge < -0.3 is 10.1 Å². The number of hydrogen-bond acceptors (Lipinski definition) is 3. The molecule has 3 heteroatoms. The minimum atomic E-state index is -0.286. The van der Waals surface area contributed by atoms with E-state index in [0.717, 1.165) is 12.8 Å². The molecule has 3 nitrogen and oxygen atoms in total. The lowest BCUT2D eigenvalue weighted by Crippen LogP contribution is -2.26. The molecule has 19 heavy (non-hydrogen) atoms. The first-order valence-corrected chi connectivity index (χ1v) is 6.81. The zero-order chi connectivity index (χ0) is 14.2. The SMILES string of the molecule is COC(=O)C1(CNc2c(C)c(C)cc(C)c2C)CC1. The molecule has 1 fully saturated rings. The number of nitrogens with one attached hydrogen (secondary N) is 1. The fourth-order valence-corrected chi connectivity index (χ4v) is 2.56. The Morgan fingerprint density at radius 1 is 1.21 bits per heavy atom. The van der Waals surface area contributed by atoms with Crippen LogP contribution in [0.15, 0.2) is 6.07 Å². The van der Waals surface area contributed by atoms with Gasteiger partial charge in [-0.15, -0.1) is 0 Å². The minimum Gasteiger partial charge on any atom is -0.469 e. The van der Waals surface area contributed by atoms with Crippen LogP contribution < -0.4 is 5.32 Å². The maximum atomic E-state index is 11.8. The zero-order valence-corrected chi connectivity index (χ0v) is 12.5. The van der Waals surface area contributed by atoms with Gasteiger partial charge in [-0.25, -0.2) is 0 Å². The predicted octanol–water partition coefficient (Wildman–Crippen LogP) is 3.29. The van der Waals surface area contributed by atoms with Crippen molar-refractivity contribution in [1.29, 1.82) is 0 Å². The second-order valence-corrected chi connectivity index (χ2v) is 5.76. The molecule has 1 aliphatic rings. The van der Waals surface area contributed by atoms with Crippen LogP contribution in [0.2, 0.25) is 0 Å². The van der Waals surface area contributed by atoms with Crippen LogP contribution in [0.1, 0.15) is 35.1 Å². The Bertz CT molecular complexity index is 490. The number of ether oxygens (including phenoxy) is 1. The summed E-state index contributed by atoms with van der Waals surface area (Å²) in [6.07, 6.45) is 1.85. The third-order valence-electron chi connectivity index (χ3n) is 4.44. The highest BCUT2D eigenvalue weighted by molar-refractivity contribution is 5.80. The van der Waals surface area contributed by atoms with E-state index in [1.165, 1.54) is 35.1 Å². The molecule has 0 atom stereocenters. The number of carbonyl (C=O) groups excluding carboxylic acids is 1. The summed E-state index contributed by atoms with van der Waals surface area (Å²) in [6, 6.07) is 2.21. The van der Waals surface area contributed by atoms with E-state index < -0.39 is 0 Å². The van der Waals surface area contributed by atoms with E-state index in [-0.39, 0.29) is 11.4 Å². The number of hydrogen-bond donors (Lipinski definition) is 1. The number of methoxy groups -OCH3 is 1.